The van der Waals surface area contributed by atoms with Crippen LogP contribution in [-0.4, -0.2) is 50.9 Å². The Labute approximate surface area is 116 Å². The summed E-state index contributed by atoms with van der Waals surface area (Å²) < 4.78 is 27.3. The number of nitrogens with two attached hydrogens (primary N) is 1. The second-order valence-electron chi connectivity index (χ2n) is 4.01. The summed E-state index contributed by atoms with van der Waals surface area (Å²) in [6.45, 7) is 1.64. The van der Waals surface area contributed by atoms with Crippen LogP contribution in [0.25, 0.3) is 0 Å². The first-order valence-electron chi connectivity index (χ1n) is 5.61. The first-order chi connectivity index (χ1) is 9.18. The maximum absolute atomic E-state index is 11.9. The summed E-state index contributed by atoms with van der Waals surface area (Å²) in [6.07, 6.45) is 0. The zero-order valence-electron chi connectivity index (χ0n) is 11.3. The van der Waals surface area contributed by atoms with E-state index in [1.165, 1.54) is 25.1 Å². The lowest BCUT2D eigenvalue weighted by molar-refractivity contribution is 0.0512. The SMILES string of the molecule is CCOC(=O)c1nc(S(N)(=O)=O)ccc1C(=O)N(C)C. The lowest BCUT2D eigenvalue weighted by atomic mass is 10.1. The maximum Gasteiger partial charge on any atom is 0.357 e. The van der Waals surface area contributed by atoms with Gasteiger partial charge in [-0.25, -0.2) is 23.3 Å². The van der Waals surface area contributed by atoms with Crippen LogP contribution in [0.4, 0.5) is 0 Å². The number of ether oxygens (including phenoxy) is 1. The van der Waals surface area contributed by atoms with Gasteiger partial charge in [-0.15, -0.1) is 0 Å². The third kappa shape index (κ3) is 3.52. The summed E-state index contributed by atoms with van der Waals surface area (Å²) in [4.78, 5) is 28.6. The molecule has 0 saturated carbocycles. The van der Waals surface area contributed by atoms with Crippen molar-refractivity contribution in [1.29, 1.82) is 0 Å². The second kappa shape index (κ2) is 5.97. The fourth-order valence-electron chi connectivity index (χ4n) is 1.37. The fraction of sp³-hybridized carbons (Fsp3) is 0.364. The molecular formula is C11H15N3O5S. The molecule has 110 valence electrons. The molecule has 0 saturated heterocycles. The van der Waals surface area contributed by atoms with Crippen LogP contribution in [0, 0.1) is 0 Å². The minimum atomic E-state index is -4.08. The predicted octanol–water partition coefficient (Wildman–Crippen LogP) is -0.392. The molecular weight excluding hydrogens is 286 g/mol. The Bertz CT molecular complexity index is 639. The van der Waals surface area contributed by atoms with E-state index in [2.05, 4.69) is 4.98 Å². The molecule has 0 bridgehead atoms. The quantitative estimate of drug-likeness (QED) is 0.756. The summed E-state index contributed by atoms with van der Waals surface area (Å²) in [7, 11) is -1.10. The lowest BCUT2D eigenvalue weighted by Gasteiger charge is -2.13. The zero-order chi connectivity index (χ0) is 15.5. The molecule has 0 aliphatic heterocycles. The van der Waals surface area contributed by atoms with Crippen LogP contribution < -0.4 is 5.14 Å². The lowest BCUT2D eigenvalue weighted by Crippen LogP contribution is -2.26. The number of carbonyl (C=O) groups is 2. The van der Waals surface area contributed by atoms with Crippen LogP contribution >= 0.6 is 0 Å². The number of carbonyl (C=O) groups excluding carboxylic acids is 2. The Hall–Kier alpha value is -2.00. The van der Waals surface area contributed by atoms with Crippen molar-refractivity contribution < 1.29 is 22.7 Å². The van der Waals surface area contributed by atoms with Gasteiger partial charge in [0.15, 0.2) is 10.7 Å². The van der Waals surface area contributed by atoms with Crippen molar-refractivity contribution in [2.45, 2.75) is 11.9 Å². The first kappa shape index (κ1) is 16.1. The van der Waals surface area contributed by atoms with Crippen LogP contribution in [0.3, 0.4) is 0 Å². The molecule has 0 atom stereocenters. The topological polar surface area (TPSA) is 120 Å². The normalized spacial score (nSPS) is 11.0. The van der Waals surface area contributed by atoms with Crippen LogP contribution in [0.2, 0.25) is 0 Å². The van der Waals surface area contributed by atoms with Gasteiger partial charge in [-0.2, -0.15) is 0 Å². The van der Waals surface area contributed by atoms with Gasteiger partial charge in [0.25, 0.3) is 15.9 Å². The molecule has 9 heteroatoms. The van der Waals surface area contributed by atoms with E-state index in [1.807, 2.05) is 0 Å². The number of pyridine rings is 1. The van der Waals surface area contributed by atoms with Gasteiger partial charge in [0, 0.05) is 14.1 Å². The Kier molecular flexibility index (Phi) is 4.79. The van der Waals surface area contributed by atoms with E-state index in [9.17, 15) is 18.0 Å². The summed E-state index contributed by atoms with van der Waals surface area (Å²) in [5.41, 5.74) is -0.432. The number of esters is 1. The number of nitrogens with zero attached hydrogens (tertiary/aromatic N) is 2. The largest absolute Gasteiger partial charge is 0.461 e. The van der Waals surface area contributed by atoms with Gasteiger partial charge in [-0.05, 0) is 19.1 Å². The van der Waals surface area contributed by atoms with Crippen LogP contribution in [0.1, 0.15) is 27.8 Å². The second-order valence-corrected chi connectivity index (χ2v) is 5.52. The highest BCUT2D eigenvalue weighted by atomic mass is 32.2. The molecule has 1 rings (SSSR count). The molecule has 0 spiro atoms. The minimum Gasteiger partial charge on any atom is -0.461 e. The molecule has 1 amide bonds. The average molecular weight is 301 g/mol. The van der Waals surface area contributed by atoms with Crippen molar-refractivity contribution >= 4 is 21.9 Å². The van der Waals surface area contributed by atoms with Crippen molar-refractivity contribution in [1.82, 2.24) is 9.88 Å². The van der Waals surface area contributed by atoms with Crippen molar-refractivity contribution in [2.75, 3.05) is 20.7 Å². The van der Waals surface area contributed by atoms with Gasteiger partial charge in [-0.3, -0.25) is 4.79 Å². The molecule has 0 fully saturated rings. The van der Waals surface area contributed by atoms with Gasteiger partial charge in [-0.1, -0.05) is 0 Å². The van der Waals surface area contributed by atoms with Crippen LogP contribution in [0.5, 0.6) is 0 Å². The maximum atomic E-state index is 11.9. The van der Waals surface area contributed by atoms with Gasteiger partial charge >= 0.3 is 5.97 Å². The van der Waals surface area contributed by atoms with E-state index in [1.54, 1.807) is 6.92 Å². The highest BCUT2D eigenvalue weighted by molar-refractivity contribution is 7.89. The van der Waals surface area contributed by atoms with Crippen molar-refractivity contribution in [2.24, 2.45) is 5.14 Å². The number of hydrogen-bond acceptors (Lipinski definition) is 6. The highest BCUT2D eigenvalue weighted by Crippen LogP contribution is 2.14. The van der Waals surface area contributed by atoms with Gasteiger partial charge < -0.3 is 9.64 Å². The molecule has 1 heterocycles. The van der Waals surface area contributed by atoms with Gasteiger partial charge in [0.1, 0.15) is 0 Å². The number of aromatic nitrogens is 1. The van der Waals surface area contributed by atoms with Crippen LogP contribution in [-0.2, 0) is 14.8 Å². The predicted molar refractivity (Wildman–Crippen MR) is 69.6 cm³/mol. The van der Waals surface area contributed by atoms with E-state index < -0.39 is 26.9 Å². The number of amides is 1. The number of rotatable bonds is 4. The third-order valence-electron chi connectivity index (χ3n) is 2.27. The average Bonchev–Trinajstić information content (AvgIpc) is 2.36. The Balaban J connectivity index is 3.46. The summed E-state index contributed by atoms with van der Waals surface area (Å²) in [5, 5.41) is 4.44. The Morgan fingerprint density at radius 3 is 2.40 bits per heavy atom. The zero-order valence-corrected chi connectivity index (χ0v) is 12.1. The fourth-order valence-corrected chi connectivity index (χ4v) is 1.84. The molecule has 0 aliphatic carbocycles. The molecule has 0 radical (unpaired) electrons. The number of primary sulfonamides is 1. The van der Waals surface area contributed by atoms with E-state index in [-0.39, 0.29) is 17.9 Å². The molecule has 0 unspecified atom stereocenters. The molecule has 0 aliphatic rings. The molecule has 2 N–H and O–H groups in total. The Morgan fingerprint density at radius 2 is 1.95 bits per heavy atom. The molecule has 1 aromatic heterocycles. The molecule has 0 aromatic carbocycles. The summed E-state index contributed by atoms with van der Waals surface area (Å²) >= 11 is 0. The Morgan fingerprint density at radius 1 is 1.35 bits per heavy atom. The van der Waals surface area contributed by atoms with E-state index >= 15 is 0 Å². The molecule has 1 aromatic rings. The van der Waals surface area contributed by atoms with E-state index in [0.717, 1.165) is 6.07 Å². The third-order valence-corrected chi connectivity index (χ3v) is 3.08. The first-order valence-corrected chi connectivity index (χ1v) is 7.15. The summed E-state index contributed by atoms with van der Waals surface area (Å²) in [6, 6.07) is 2.25. The van der Waals surface area contributed by atoms with Gasteiger partial charge in [0.2, 0.25) is 0 Å². The van der Waals surface area contributed by atoms with E-state index in [4.69, 9.17) is 9.88 Å². The number of hydrogen-bond donors (Lipinski definition) is 1. The number of sulfonamides is 1. The minimum absolute atomic E-state index is 0.0548. The monoisotopic (exact) mass is 301 g/mol. The van der Waals surface area contributed by atoms with Gasteiger partial charge in [0.05, 0.1) is 12.2 Å². The van der Waals surface area contributed by atoms with Crippen molar-refractivity contribution in [3.63, 3.8) is 0 Å². The van der Waals surface area contributed by atoms with Crippen molar-refractivity contribution in [3.8, 4) is 0 Å². The smallest absolute Gasteiger partial charge is 0.357 e. The standard InChI is InChI=1S/C11H15N3O5S/c1-4-19-11(16)9-7(10(15)14(2)3)5-6-8(13-9)20(12,17)18/h5-6H,4H2,1-3H3,(H2,12,17,18). The summed E-state index contributed by atoms with van der Waals surface area (Å²) in [5.74, 6) is -1.38. The van der Waals surface area contributed by atoms with E-state index in [0.29, 0.717) is 0 Å². The molecule has 20 heavy (non-hydrogen) atoms. The highest BCUT2D eigenvalue weighted by Gasteiger charge is 2.24. The van der Waals surface area contributed by atoms with Crippen LogP contribution in [0.15, 0.2) is 17.2 Å². The molecule has 8 nitrogen and oxygen atoms in total. The van der Waals surface area contributed by atoms with Crippen molar-refractivity contribution in [3.05, 3.63) is 23.4 Å².